The van der Waals surface area contributed by atoms with E-state index >= 15 is 0 Å². The van der Waals surface area contributed by atoms with Crippen LogP contribution in [0.15, 0.2) is 212 Å². The zero-order chi connectivity index (χ0) is 39.6. The van der Waals surface area contributed by atoms with Crippen molar-refractivity contribution in [2.24, 2.45) is 0 Å². The van der Waals surface area contributed by atoms with Gasteiger partial charge >= 0.3 is 0 Å². The van der Waals surface area contributed by atoms with Crippen LogP contribution in [-0.2, 0) is 0 Å². The molecule has 0 fully saturated rings. The Bertz CT molecular complexity index is 2370. The molecule has 0 spiro atoms. The Kier molecular flexibility index (Phi) is 14.0. The second kappa shape index (κ2) is 20.8. The summed E-state index contributed by atoms with van der Waals surface area (Å²) in [6, 6.07) is 66.4. The summed E-state index contributed by atoms with van der Waals surface area (Å²) in [5.41, 5.74) is 11.0. The molecule has 0 radical (unpaired) electrons. The molecule has 4 nitrogen and oxygen atoms in total. The largest absolute Gasteiger partial charge is 0.494 e. The van der Waals surface area contributed by atoms with Crippen LogP contribution < -0.4 is 19.5 Å². The van der Waals surface area contributed by atoms with Gasteiger partial charge in [-0.3, -0.25) is 0 Å². The predicted octanol–water partition coefficient (Wildman–Crippen LogP) is 13.4. The van der Waals surface area contributed by atoms with Crippen LogP contribution in [0.1, 0.15) is 53.1 Å². The third kappa shape index (κ3) is 11.0. The number of para-hydroxylation sites is 1. The van der Waals surface area contributed by atoms with E-state index in [1.807, 2.05) is 72.8 Å². The summed E-state index contributed by atoms with van der Waals surface area (Å²) in [6.45, 7) is 3.75. The first-order valence-corrected chi connectivity index (χ1v) is 20.0. The Morgan fingerprint density at radius 3 is 1.16 bits per heavy atom. The molecule has 0 bridgehead atoms. The van der Waals surface area contributed by atoms with Crippen molar-refractivity contribution in [1.82, 2.24) is 0 Å². The predicted molar refractivity (Wildman–Crippen MR) is 241 cm³/mol. The first kappa shape index (κ1) is 39.2. The van der Waals surface area contributed by atoms with Gasteiger partial charge in [0.25, 0.3) is 0 Å². The molecule has 4 heteroatoms. The Morgan fingerprint density at radius 1 is 0.397 bits per heavy atom. The molecule has 0 amide bonds. The van der Waals surface area contributed by atoms with Crippen molar-refractivity contribution < 1.29 is 14.2 Å². The van der Waals surface area contributed by atoms with E-state index in [9.17, 15) is 0 Å². The first-order chi connectivity index (χ1) is 28.7. The molecule has 0 saturated heterocycles. The molecule has 1 N–H and O–H groups in total. The van der Waals surface area contributed by atoms with Crippen molar-refractivity contribution in [3.63, 3.8) is 0 Å². The molecule has 0 saturated carbocycles. The summed E-state index contributed by atoms with van der Waals surface area (Å²) in [5.74, 6) is 2.50. The number of anilines is 1. The highest BCUT2D eigenvalue weighted by Gasteiger charge is 2.10. The number of hydrogen-bond donors (Lipinski definition) is 1. The highest BCUT2D eigenvalue weighted by Crippen LogP contribution is 2.29. The number of rotatable bonds is 18. The van der Waals surface area contributed by atoms with Crippen LogP contribution in [0.25, 0.3) is 16.7 Å². The van der Waals surface area contributed by atoms with Crippen molar-refractivity contribution in [3.05, 3.63) is 246 Å². The number of unbranched alkanes of at least 4 members (excludes halogenated alkanes) is 1. The fourth-order valence-corrected chi connectivity index (χ4v) is 6.65. The average Bonchev–Trinajstić information content (AvgIpc) is 3.29. The number of ether oxygens (including phenoxy) is 3. The third-order valence-electron chi connectivity index (χ3n) is 9.75. The zero-order valence-electron chi connectivity index (χ0n) is 33.0. The standard InChI is InChI=1S/C54H49NO3/c1-2-3-38-56-49-30-24-45(25-31-49)52(42-16-8-4-9-17-42)36-39-57-50-32-26-46(27-33-50)53(43-18-10-5-11-19-43)37-40-58-51-34-28-47(29-35-51)54(44-20-12-6-13-21-44)41-55-48-22-14-7-15-23-48/h4-37,41,55H,2-3,38-40H2,1H3/b52-36-,53-37-,54-41?. The van der Waals surface area contributed by atoms with Crippen LogP contribution in [0.2, 0.25) is 0 Å². The lowest BCUT2D eigenvalue weighted by molar-refractivity contribution is 0.309. The summed E-state index contributed by atoms with van der Waals surface area (Å²) < 4.78 is 18.5. The molecule has 0 aliphatic rings. The second-order valence-corrected chi connectivity index (χ2v) is 13.8. The summed E-state index contributed by atoms with van der Waals surface area (Å²) in [7, 11) is 0. The molecular weight excluding hydrogens is 711 g/mol. The molecule has 0 aliphatic carbocycles. The third-order valence-corrected chi connectivity index (χ3v) is 9.75. The van der Waals surface area contributed by atoms with Crippen LogP contribution >= 0.6 is 0 Å². The minimum Gasteiger partial charge on any atom is -0.494 e. The molecule has 0 aliphatic heterocycles. The van der Waals surface area contributed by atoms with Gasteiger partial charge in [0.15, 0.2) is 0 Å². The maximum absolute atomic E-state index is 6.30. The average molecular weight is 760 g/mol. The highest BCUT2D eigenvalue weighted by atomic mass is 16.5. The lowest BCUT2D eigenvalue weighted by Gasteiger charge is -2.13. The first-order valence-electron chi connectivity index (χ1n) is 20.0. The van der Waals surface area contributed by atoms with E-state index < -0.39 is 0 Å². The van der Waals surface area contributed by atoms with Crippen molar-refractivity contribution in [2.45, 2.75) is 19.8 Å². The molecule has 0 aromatic heterocycles. The van der Waals surface area contributed by atoms with Crippen molar-refractivity contribution in [2.75, 3.05) is 25.1 Å². The van der Waals surface area contributed by atoms with Crippen molar-refractivity contribution in [3.8, 4) is 17.2 Å². The van der Waals surface area contributed by atoms with Gasteiger partial charge in [-0.05, 0) is 112 Å². The molecule has 7 aromatic carbocycles. The number of benzene rings is 7. The zero-order valence-corrected chi connectivity index (χ0v) is 33.0. The van der Waals surface area contributed by atoms with Gasteiger partial charge in [-0.2, -0.15) is 0 Å². The van der Waals surface area contributed by atoms with Crippen molar-refractivity contribution in [1.29, 1.82) is 0 Å². The van der Waals surface area contributed by atoms with E-state index in [0.717, 1.165) is 92.5 Å². The quantitative estimate of drug-likeness (QED) is 0.0885. The van der Waals surface area contributed by atoms with Gasteiger partial charge in [-0.1, -0.05) is 159 Å². The number of nitrogens with one attached hydrogen (secondary N) is 1. The van der Waals surface area contributed by atoms with E-state index in [-0.39, 0.29) is 0 Å². The maximum Gasteiger partial charge on any atom is 0.119 e. The molecule has 58 heavy (non-hydrogen) atoms. The SMILES string of the molecule is CCCCOc1ccc(/C(=C\COc2ccc(/C(=C\COc3ccc(C(=CNc4ccccc4)c4ccccc4)cc3)c3ccccc3)cc2)c2ccccc2)cc1. The van der Waals surface area contributed by atoms with E-state index in [2.05, 4.69) is 152 Å². The summed E-state index contributed by atoms with van der Waals surface area (Å²) in [6.07, 6.45) is 8.52. The topological polar surface area (TPSA) is 39.7 Å². The van der Waals surface area contributed by atoms with Crippen LogP contribution in [0.3, 0.4) is 0 Å². The van der Waals surface area contributed by atoms with E-state index in [0.29, 0.717) is 13.2 Å². The normalized spacial score (nSPS) is 11.8. The molecule has 0 heterocycles. The molecule has 7 aromatic rings. The number of hydrogen-bond acceptors (Lipinski definition) is 4. The Hall–Kier alpha value is -7.04. The van der Waals surface area contributed by atoms with Gasteiger partial charge in [0.2, 0.25) is 0 Å². The summed E-state index contributed by atoms with van der Waals surface area (Å²) in [5, 5.41) is 3.46. The summed E-state index contributed by atoms with van der Waals surface area (Å²) >= 11 is 0. The van der Waals surface area contributed by atoms with E-state index in [4.69, 9.17) is 14.2 Å². The van der Waals surface area contributed by atoms with Gasteiger partial charge in [0.05, 0.1) is 6.61 Å². The van der Waals surface area contributed by atoms with Gasteiger partial charge < -0.3 is 19.5 Å². The van der Waals surface area contributed by atoms with Gasteiger partial charge in [0.1, 0.15) is 30.5 Å². The Labute approximate surface area is 343 Å². The molecular formula is C54H49NO3. The second-order valence-electron chi connectivity index (χ2n) is 13.8. The fourth-order valence-electron chi connectivity index (χ4n) is 6.65. The summed E-state index contributed by atoms with van der Waals surface area (Å²) in [4.78, 5) is 0. The highest BCUT2D eigenvalue weighted by molar-refractivity contribution is 5.82. The van der Waals surface area contributed by atoms with Crippen LogP contribution in [0.5, 0.6) is 17.2 Å². The lowest BCUT2D eigenvalue weighted by Crippen LogP contribution is -1.99. The van der Waals surface area contributed by atoms with E-state index in [1.165, 1.54) is 0 Å². The fraction of sp³-hybridized carbons (Fsp3) is 0.111. The lowest BCUT2D eigenvalue weighted by atomic mass is 9.97. The Morgan fingerprint density at radius 2 is 0.741 bits per heavy atom. The monoisotopic (exact) mass is 759 g/mol. The smallest absolute Gasteiger partial charge is 0.119 e. The van der Waals surface area contributed by atoms with Crippen molar-refractivity contribution >= 4 is 22.4 Å². The minimum absolute atomic E-state index is 0.414. The van der Waals surface area contributed by atoms with Crippen LogP contribution in [0.4, 0.5) is 5.69 Å². The molecule has 7 rings (SSSR count). The van der Waals surface area contributed by atoms with Gasteiger partial charge in [0, 0.05) is 17.5 Å². The molecule has 288 valence electrons. The van der Waals surface area contributed by atoms with Crippen LogP contribution in [-0.4, -0.2) is 19.8 Å². The molecule has 0 atom stereocenters. The Balaban J connectivity index is 1.03. The van der Waals surface area contributed by atoms with Crippen LogP contribution in [0, 0.1) is 0 Å². The van der Waals surface area contributed by atoms with E-state index in [1.54, 1.807) is 0 Å². The molecule has 0 unspecified atom stereocenters. The maximum atomic E-state index is 6.30. The van der Waals surface area contributed by atoms with Gasteiger partial charge in [-0.25, -0.2) is 0 Å². The van der Waals surface area contributed by atoms with Gasteiger partial charge in [-0.15, -0.1) is 0 Å². The minimum atomic E-state index is 0.414.